The molecule has 1 aliphatic heterocycles. The number of hydrogen-bond acceptors (Lipinski definition) is 4. The van der Waals surface area contributed by atoms with Crippen molar-refractivity contribution in [2.45, 2.75) is 62.5 Å². The van der Waals surface area contributed by atoms with Crippen LogP contribution in [-0.4, -0.2) is 44.7 Å². The molecule has 0 radical (unpaired) electrons. The molecule has 1 amide bonds. The van der Waals surface area contributed by atoms with Crippen LogP contribution in [0.25, 0.3) is 0 Å². The number of amides is 1. The molecule has 4 rings (SSSR count). The molecule has 0 aromatic heterocycles. The van der Waals surface area contributed by atoms with Gasteiger partial charge >= 0.3 is 5.97 Å². The van der Waals surface area contributed by atoms with Crippen LogP contribution in [0.1, 0.15) is 61.4 Å². The van der Waals surface area contributed by atoms with E-state index in [0.29, 0.717) is 17.2 Å². The smallest absolute Gasteiger partial charge is 0.327 e. The number of carbonyl (C=O) groups is 2. The molecule has 1 saturated carbocycles. The molecule has 164 valence electrons. The summed E-state index contributed by atoms with van der Waals surface area (Å²) in [6.45, 7) is 4.34. The van der Waals surface area contributed by atoms with E-state index in [1.54, 1.807) is 28.8 Å². The van der Waals surface area contributed by atoms with Crippen molar-refractivity contribution in [1.29, 1.82) is 0 Å². The molecule has 1 heterocycles. The summed E-state index contributed by atoms with van der Waals surface area (Å²) in [4.78, 5) is 26.4. The number of hydrogen-bond donors (Lipinski definition) is 1. The maximum Gasteiger partial charge on any atom is 0.327 e. The van der Waals surface area contributed by atoms with Crippen LogP contribution < -0.4 is 4.74 Å². The Kier molecular flexibility index (Phi) is 6.28. The van der Waals surface area contributed by atoms with Crippen LogP contribution in [0.5, 0.6) is 5.75 Å². The quantitative estimate of drug-likeness (QED) is 0.696. The van der Waals surface area contributed by atoms with Crippen molar-refractivity contribution < 1.29 is 19.4 Å². The van der Waals surface area contributed by atoms with Gasteiger partial charge in [-0.05, 0) is 61.4 Å². The topological polar surface area (TPSA) is 66.8 Å². The maximum atomic E-state index is 13.3. The van der Waals surface area contributed by atoms with Crippen molar-refractivity contribution >= 4 is 23.6 Å². The molecule has 1 atom stereocenters. The highest BCUT2D eigenvalue weighted by Gasteiger charge is 2.53. The van der Waals surface area contributed by atoms with E-state index in [9.17, 15) is 14.7 Å². The molecule has 2 fully saturated rings. The first-order valence-electron chi connectivity index (χ1n) is 10.9. The SMILES string of the molecule is CC(C)c1ccc(OC2CCC3(CC2)SC[C@@H](C(=O)O)N3C(=O)c2ccccc2)cc1. The summed E-state index contributed by atoms with van der Waals surface area (Å²) in [5, 5.41) is 9.77. The Morgan fingerprint density at radius 3 is 2.29 bits per heavy atom. The van der Waals surface area contributed by atoms with Crippen LogP contribution in [-0.2, 0) is 4.79 Å². The number of carbonyl (C=O) groups excluding carboxylic acids is 1. The lowest BCUT2D eigenvalue weighted by molar-refractivity contribution is -0.142. The molecule has 2 aliphatic rings. The number of thioether (sulfide) groups is 1. The van der Waals surface area contributed by atoms with Crippen LogP contribution in [0.15, 0.2) is 54.6 Å². The molecular formula is C25H29NO4S. The van der Waals surface area contributed by atoms with Crippen LogP contribution in [0.4, 0.5) is 0 Å². The van der Waals surface area contributed by atoms with Gasteiger partial charge in [0.25, 0.3) is 5.91 Å². The summed E-state index contributed by atoms with van der Waals surface area (Å²) in [6, 6.07) is 16.5. The van der Waals surface area contributed by atoms with Gasteiger partial charge in [-0.1, -0.05) is 44.2 Å². The third kappa shape index (κ3) is 4.45. The third-order valence-corrected chi connectivity index (χ3v) is 7.97. The average molecular weight is 440 g/mol. The highest BCUT2D eigenvalue weighted by atomic mass is 32.2. The molecule has 2 aromatic carbocycles. The molecule has 1 aliphatic carbocycles. The Morgan fingerprint density at radius 1 is 1.06 bits per heavy atom. The van der Waals surface area contributed by atoms with Crippen molar-refractivity contribution in [1.82, 2.24) is 4.90 Å². The molecule has 0 bridgehead atoms. The fourth-order valence-electron chi connectivity index (χ4n) is 4.56. The summed E-state index contributed by atoms with van der Waals surface area (Å²) in [7, 11) is 0. The molecule has 1 spiro atoms. The monoisotopic (exact) mass is 439 g/mol. The Hall–Kier alpha value is -2.47. The number of carboxylic acids is 1. The highest BCUT2D eigenvalue weighted by molar-refractivity contribution is 8.01. The Labute approximate surface area is 187 Å². The molecule has 1 N–H and O–H groups in total. The van der Waals surface area contributed by atoms with Crippen molar-refractivity contribution in [2.24, 2.45) is 0 Å². The average Bonchev–Trinajstić information content (AvgIpc) is 3.15. The second-order valence-electron chi connectivity index (χ2n) is 8.69. The van der Waals surface area contributed by atoms with Gasteiger partial charge in [0, 0.05) is 11.3 Å². The predicted octanol–water partition coefficient (Wildman–Crippen LogP) is 5.17. The van der Waals surface area contributed by atoms with E-state index >= 15 is 0 Å². The zero-order valence-electron chi connectivity index (χ0n) is 18.0. The van der Waals surface area contributed by atoms with Crippen molar-refractivity contribution in [2.75, 3.05) is 5.75 Å². The number of aliphatic carboxylic acids is 1. The second-order valence-corrected chi connectivity index (χ2v) is 10.1. The molecule has 31 heavy (non-hydrogen) atoms. The van der Waals surface area contributed by atoms with E-state index in [1.165, 1.54) is 5.56 Å². The standard InChI is InChI=1S/C25H29NO4S/c1-17(2)18-8-10-20(11-9-18)30-21-12-14-25(15-13-21)26(22(16-31-25)24(28)29)23(27)19-6-4-3-5-7-19/h3-11,17,21-22H,12-16H2,1-2H3,(H,28,29)/t21?,22-,25?/m0/s1. The minimum Gasteiger partial charge on any atom is -0.490 e. The summed E-state index contributed by atoms with van der Waals surface area (Å²) < 4.78 is 6.22. The lowest BCUT2D eigenvalue weighted by atomic mass is 9.89. The Balaban J connectivity index is 1.47. The first kappa shape index (κ1) is 21.8. The van der Waals surface area contributed by atoms with E-state index in [1.807, 2.05) is 30.3 Å². The third-order valence-electron chi connectivity index (χ3n) is 6.35. The molecule has 1 saturated heterocycles. The van der Waals surface area contributed by atoms with Gasteiger partial charge in [0.1, 0.15) is 11.8 Å². The van der Waals surface area contributed by atoms with Crippen LogP contribution in [0.3, 0.4) is 0 Å². The van der Waals surface area contributed by atoms with Gasteiger partial charge in [-0.2, -0.15) is 0 Å². The zero-order chi connectivity index (χ0) is 22.0. The predicted molar refractivity (Wildman–Crippen MR) is 123 cm³/mol. The van der Waals surface area contributed by atoms with Gasteiger partial charge in [0.05, 0.1) is 11.0 Å². The summed E-state index contributed by atoms with van der Waals surface area (Å²) in [5.41, 5.74) is 1.83. The van der Waals surface area contributed by atoms with Crippen molar-refractivity contribution in [3.8, 4) is 5.75 Å². The summed E-state index contributed by atoms with van der Waals surface area (Å²) in [5.74, 6) is 0.651. The molecule has 5 nitrogen and oxygen atoms in total. The fraction of sp³-hybridized carbons (Fsp3) is 0.440. The fourth-order valence-corrected chi connectivity index (χ4v) is 6.19. The minimum atomic E-state index is -0.933. The number of ether oxygens (including phenoxy) is 1. The van der Waals surface area contributed by atoms with E-state index in [0.717, 1.165) is 31.4 Å². The number of rotatable bonds is 5. The largest absolute Gasteiger partial charge is 0.490 e. The Bertz CT molecular complexity index is 920. The first-order chi connectivity index (χ1) is 14.9. The van der Waals surface area contributed by atoms with Gasteiger partial charge < -0.3 is 14.7 Å². The van der Waals surface area contributed by atoms with Crippen molar-refractivity contribution in [3.05, 3.63) is 65.7 Å². The zero-order valence-corrected chi connectivity index (χ0v) is 18.8. The lowest BCUT2D eigenvalue weighted by Gasteiger charge is -2.43. The number of nitrogens with zero attached hydrogens (tertiary/aromatic N) is 1. The van der Waals surface area contributed by atoms with Gasteiger partial charge in [0.15, 0.2) is 0 Å². The molecule has 0 unspecified atom stereocenters. The number of benzene rings is 2. The van der Waals surface area contributed by atoms with Crippen LogP contribution in [0.2, 0.25) is 0 Å². The molecule has 6 heteroatoms. The highest BCUT2D eigenvalue weighted by Crippen LogP contribution is 2.50. The van der Waals surface area contributed by atoms with E-state index in [4.69, 9.17) is 4.74 Å². The van der Waals surface area contributed by atoms with Crippen molar-refractivity contribution in [3.63, 3.8) is 0 Å². The lowest BCUT2D eigenvalue weighted by Crippen LogP contribution is -2.54. The van der Waals surface area contributed by atoms with E-state index < -0.39 is 16.9 Å². The van der Waals surface area contributed by atoms with Gasteiger partial charge in [0.2, 0.25) is 0 Å². The van der Waals surface area contributed by atoms with Crippen LogP contribution >= 0.6 is 11.8 Å². The summed E-state index contributed by atoms with van der Waals surface area (Å²) in [6.07, 6.45) is 3.13. The molecule has 2 aromatic rings. The van der Waals surface area contributed by atoms with Gasteiger partial charge in [-0.3, -0.25) is 4.79 Å². The normalized spacial score (nSPS) is 25.7. The van der Waals surface area contributed by atoms with Gasteiger partial charge in [-0.15, -0.1) is 11.8 Å². The van der Waals surface area contributed by atoms with Gasteiger partial charge in [-0.25, -0.2) is 4.79 Å². The minimum absolute atomic E-state index is 0.0775. The number of carboxylic acid groups (broad SMARTS) is 1. The first-order valence-corrected chi connectivity index (χ1v) is 11.9. The Morgan fingerprint density at radius 2 is 1.71 bits per heavy atom. The van der Waals surface area contributed by atoms with E-state index in [2.05, 4.69) is 26.0 Å². The maximum absolute atomic E-state index is 13.3. The van der Waals surface area contributed by atoms with E-state index in [-0.39, 0.29) is 12.0 Å². The molecular weight excluding hydrogens is 410 g/mol. The summed E-state index contributed by atoms with van der Waals surface area (Å²) >= 11 is 1.62. The second kappa shape index (κ2) is 8.95. The van der Waals surface area contributed by atoms with Crippen LogP contribution in [0, 0.1) is 0 Å².